The molecule has 0 fully saturated rings. The molecule has 294 valence electrons. The highest BCUT2D eigenvalue weighted by Gasteiger charge is 2.21. The van der Waals surface area contributed by atoms with Gasteiger partial charge in [0.15, 0.2) is 17.5 Å². The monoisotopic (exact) mass is 808 g/mol. The fourth-order valence-corrected chi connectivity index (χ4v) is 9.01. The number of hydrogen-bond donors (Lipinski definition) is 0. The van der Waals surface area contributed by atoms with E-state index in [0.29, 0.717) is 17.5 Å². The second kappa shape index (κ2) is 13.9. The third-order valence-corrected chi connectivity index (χ3v) is 12.1. The number of pyridine rings is 1. The lowest BCUT2D eigenvalue weighted by Gasteiger charge is -2.11. The van der Waals surface area contributed by atoms with Gasteiger partial charge in [0, 0.05) is 72.5 Å². The van der Waals surface area contributed by atoms with Crippen molar-refractivity contribution >= 4 is 65.8 Å². The van der Waals surface area contributed by atoms with Crippen LogP contribution in [0.15, 0.2) is 208 Å². The molecule has 7 heteroatoms. The number of rotatable bonds is 6. The van der Waals surface area contributed by atoms with Crippen LogP contribution < -0.4 is 0 Å². The molecule has 0 spiro atoms. The van der Waals surface area contributed by atoms with Gasteiger partial charge in [0.1, 0.15) is 33.5 Å². The topological polar surface area (TPSA) is 91.0 Å². The zero-order valence-electron chi connectivity index (χ0n) is 33.5. The zero-order chi connectivity index (χ0) is 41.4. The molecule has 0 amide bonds. The quantitative estimate of drug-likeness (QED) is 0.165. The summed E-state index contributed by atoms with van der Waals surface area (Å²) in [5, 5.41) is 6.40. The van der Waals surface area contributed by atoms with Gasteiger partial charge in [-0.1, -0.05) is 140 Å². The molecule has 0 radical (unpaired) electrons. The Morgan fingerprint density at radius 1 is 0.302 bits per heavy atom. The Labute approximate surface area is 359 Å². The number of hydrogen-bond acceptors (Lipinski definition) is 7. The zero-order valence-corrected chi connectivity index (χ0v) is 33.5. The number of benzene rings is 8. The van der Waals surface area contributed by atoms with Crippen molar-refractivity contribution < 1.29 is 13.3 Å². The summed E-state index contributed by atoms with van der Waals surface area (Å²) in [5.41, 5.74) is 13.7. The van der Waals surface area contributed by atoms with Gasteiger partial charge in [-0.2, -0.15) is 0 Å². The Bertz CT molecular complexity index is 3900. The van der Waals surface area contributed by atoms with Gasteiger partial charge in [0.25, 0.3) is 0 Å². The third-order valence-electron chi connectivity index (χ3n) is 12.1. The van der Waals surface area contributed by atoms with Crippen LogP contribution in [0.4, 0.5) is 0 Å². The average Bonchev–Trinajstić information content (AvgIpc) is 4.06. The number of nitrogens with zero attached hydrogens (tertiary/aromatic N) is 4. The maximum atomic E-state index is 6.73. The number of aromatic nitrogens is 4. The molecule has 8 aromatic carbocycles. The van der Waals surface area contributed by atoms with Gasteiger partial charge in [-0.15, -0.1) is 0 Å². The molecule has 63 heavy (non-hydrogen) atoms. The first-order chi connectivity index (χ1) is 31.2. The average molecular weight is 809 g/mol. The second-order valence-corrected chi connectivity index (χ2v) is 15.8. The SMILES string of the molecule is c1cncc(-c2ccc(-c3nc(-c4ccc(-c5ccc(-c6cccc7c6oc6ccccc67)c6c5oc5ccccc56)cc4)nc(-c4ccc5c(c4)oc4ccccc45)n3)cc2)c1. The van der Waals surface area contributed by atoms with Crippen LogP contribution >= 0.6 is 0 Å². The smallest absolute Gasteiger partial charge is 0.164 e. The molecule has 0 atom stereocenters. The molecule has 0 saturated heterocycles. The van der Waals surface area contributed by atoms with Crippen LogP contribution in [0.2, 0.25) is 0 Å². The Hall–Kier alpha value is -8.68. The van der Waals surface area contributed by atoms with Crippen LogP contribution in [0.3, 0.4) is 0 Å². The van der Waals surface area contributed by atoms with Crippen molar-refractivity contribution in [3.63, 3.8) is 0 Å². The minimum atomic E-state index is 0.553. The summed E-state index contributed by atoms with van der Waals surface area (Å²) in [6.07, 6.45) is 3.64. The fraction of sp³-hybridized carbons (Fsp3) is 0. The summed E-state index contributed by atoms with van der Waals surface area (Å²) in [5.74, 6) is 1.68. The minimum absolute atomic E-state index is 0.553. The van der Waals surface area contributed by atoms with E-state index in [1.807, 2.05) is 72.9 Å². The summed E-state index contributed by atoms with van der Waals surface area (Å²) in [7, 11) is 0. The first kappa shape index (κ1) is 35.1. The van der Waals surface area contributed by atoms with E-state index < -0.39 is 0 Å². The molecule has 13 aromatic rings. The van der Waals surface area contributed by atoms with Gasteiger partial charge in [0.05, 0.1) is 0 Å². The summed E-state index contributed by atoms with van der Waals surface area (Å²) in [6, 6.07) is 62.0. The van der Waals surface area contributed by atoms with E-state index in [1.165, 1.54) is 0 Å². The predicted molar refractivity (Wildman–Crippen MR) is 252 cm³/mol. The molecule has 5 aromatic heterocycles. The van der Waals surface area contributed by atoms with E-state index >= 15 is 0 Å². The molecule has 5 heterocycles. The lowest BCUT2D eigenvalue weighted by molar-refractivity contribution is 0.668. The van der Waals surface area contributed by atoms with Gasteiger partial charge >= 0.3 is 0 Å². The Morgan fingerprint density at radius 3 is 1.56 bits per heavy atom. The van der Waals surface area contributed by atoms with Crippen molar-refractivity contribution in [2.24, 2.45) is 0 Å². The van der Waals surface area contributed by atoms with E-state index in [9.17, 15) is 0 Å². The maximum Gasteiger partial charge on any atom is 0.164 e. The largest absolute Gasteiger partial charge is 0.456 e. The van der Waals surface area contributed by atoms with Gasteiger partial charge in [-0.3, -0.25) is 4.98 Å². The molecule has 0 unspecified atom stereocenters. The van der Waals surface area contributed by atoms with Crippen molar-refractivity contribution in [1.82, 2.24) is 19.9 Å². The van der Waals surface area contributed by atoms with E-state index in [-0.39, 0.29) is 0 Å². The van der Waals surface area contributed by atoms with Crippen molar-refractivity contribution in [1.29, 1.82) is 0 Å². The Kier molecular flexibility index (Phi) is 7.77. The molecule has 13 rings (SSSR count). The molecule has 0 bridgehead atoms. The Morgan fingerprint density at radius 2 is 0.841 bits per heavy atom. The molecular formula is C56H32N4O3. The van der Waals surface area contributed by atoms with Crippen molar-refractivity contribution in [2.45, 2.75) is 0 Å². The predicted octanol–water partition coefficient (Wildman–Crippen LogP) is 15.0. The first-order valence-corrected chi connectivity index (χ1v) is 20.8. The highest BCUT2D eigenvalue weighted by Crippen LogP contribution is 2.45. The number of furan rings is 3. The third kappa shape index (κ3) is 5.75. The van der Waals surface area contributed by atoms with Gasteiger partial charge in [-0.05, 0) is 64.7 Å². The molecule has 7 nitrogen and oxygen atoms in total. The lowest BCUT2D eigenvalue weighted by Crippen LogP contribution is -2.00. The maximum absolute atomic E-state index is 6.73. The van der Waals surface area contributed by atoms with Gasteiger partial charge in [0.2, 0.25) is 0 Å². The van der Waals surface area contributed by atoms with Crippen LogP contribution in [0.25, 0.3) is 133 Å². The van der Waals surface area contributed by atoms with E-state index in [1.54, 1.807) is 6.20 Å². The van der Waals surface area contributed by atoms with Crippen LogP contribution in [0.1, 0.15) is 0 Å². The summed E-state index contributed by atoms with van der Waals surface area (Å²) < 4.78 is 19.5. The van der Waals surface area contributed by atoms with Crippen LogP contribution in [-0.4, -0.2) is 19.9 Å². The number of para-hydroxylation sites is 4. The van der Waals surface area contributed by atoms with Crippen LogP contribution in [-0.2, 0) is 0 Å². The summed E-state index contributed by atoms with van der Waals surface area (Å²) in [4.78, 5) is 19.5. The van der Waals surface area contributed by atoms with Crippen molar-refractivity contribution in [3.05, 3.63) is 194 Å². The minimum Gasteiger partial charge on any atom is -0.456 e. The van der Waals surface area contributed by atoms with Crippen LogP contribution in [0.5, 0.6) is 0 Å². The molecule has 0 aliphatic heterocycles. The van der Waals surface area contributed by atoms with Crippen molar-refractivity contribution in [2.75, 3.05) is 0 Å². The molecule has 0 saturated carbocycles. The Balaban J connectivity index is 0.931. The molecular weight excluding hydrogens is 777 g/mol. The number of fused-ring (bicyclic) bond motifs is 9. The summed E-state index contributed by atoms with van der Waals surface area (Å²) >= 11 is 0. The fourth-order valence-electron chi connectivity index (χ4n) is 9.01. The van der Waals surface area contributed by atoms with Crippen molar-refractivity contribution in [3.8, 4) is 67.5 Å². The summed E-state index contributed by atoms with van der Waals surface area (Å²) in [6.45, 7) is 0. The van der Waals surface area contributed by atoms with Gasteiger partial charge < -0.3 is 13.3 Å². The molecule has 0 N–H and O–H groups in total. The van der Waals surface area contributed by atoms with Crippen LogP contribution in [0, 0.1) is 0 Å². The van der Waals surface area contributed by atoms with E-state index in [0.717, 1.165) is 116 Å². The van der Waals surface area contributed by atoms with Gasteiger partial charge in [-0.25, -0.2) is 15.0 Å². The van der Waals surface area contributed by atoms with E-state index in [2.05, 4.69) is 120 Å². The second-order valence-electron chi connectivity index (χ2n) is 15.8. The van der Waals surface area contributed by atoms with E-state index in [4.69, 9.17) is 28.2 Å². The standard InChI is InChI=1S/C56H32N4O3/c1-4-15-47-40(10-1)42-27-26-37(31-50(42)61-47)56-59-54(35-22-18-33(19-23-35)38-9-8-30-57-32-38)58-55(60-56)36-24-20-34(21-25-36)39-28-29-43(51-46-12-3-6-17-49(46)63-53(39)51)45-14-7-13-44-41-11-2-5-16-48(41)62-52(44)45/h1-32H. The highest BCUT2D eigenvalue weighted by atomic mass is 16.3. The molecule has 0 aliphatic carbocycles. The normalized spacial score (nSPS) is 11.8. The molecule has 0 aliphatic rings. The first-order valence-electron chi connectivity index (χ1n) is 20.8. The highest BCUT2D eigenvalue weighted by molar-refractivity contribution is 6.19. The lowest BCUT2D eigenvalue weighted by atomic mass is 9.93.